The highest BCUT2D eigenvalue weighted by atomic mass is 32.2. The second-order valence-corrected chi connectivity index (χ2v) is 7.51. The molecule has 156 valence electrons. The number of benzene rings is 3. The minimum absolute atomic E-state index is 0.0464. The zero-order valence-corrected chi connectivity index (χ0v) is 17.4. The highest BCUT2D eigenvalue weighted by molar-refractivity contribution is 7.99. The van der Waals surface area contributed by atoms with Crippen molar-refractivity contribution in [3.63, 3.8) is 0 Å². The van der Waals surface area contributed by atoms with Crippen LogP contribution in [0.5, 0.6) is 5.75 Å². The zero-order valence-electron chi connectivity index (χ0n) is 16.5. The number of carbonyl (C=O) groups is 1. The number of halogens is 1. The van der Waals surface area contributed by atoms with E-state index < -0.39 is 11.7 Å². The number of carbonyl (C=O) groups excluding carboxylic acids is 1. The number of fused-ring (bicyclic) bond motifs is 1. The smallest absolute Gasteiger partial charge is 0.266 e. The Morgan fingerprint density at radius 3 is 2.52 bits per heavy atom. The van der Waals surface area contributed by atoms with Crippen LogP contribution in [-0.2, 0) is 4.79 Å². The maximum atomic E-state index is 13.8. The Kier molecular flexibility index (Phi) is 5.99. The quantitative estimate of drug-likeness (QED) is 0.362. The average molecular weight is 435 g/mol. The van der Waals surface area contributed by atoms with Gasteiger partial charge in [0, 0.05) is 0 Å². The van der Waals surface area contributed by atoms with Gasteiger partial charge in [-0.1, -0.05) is 36.0 Å². The van der Waals surface area contributed by atoms with E-state index >= 15 is 0 Å². The number of thioether (sulfide) groups is 1. The predicted octanol–water partition coefficient (Wildman–Crippen LogP) is 4.26. The van der Waals surface area contributed by atoms with Crippen molar-refractivity contribution in [3.05, 3.63) is 89.0 Å². The maximum absolute atomic E-state index is 13.8. The molecular weight excluding hydrogens is 417 g/mol. The molecule has 1 amide bonds. The molecule has 3 aromatic carbocycles. The van der Waals surface area contributed by atoms with Crippen molar-refractivity contribution in [2.24, 2.45) is 0 Å². The first-order valence-electron chi connectivity index (χ1n) is 9.40. The summed E-state index contributed by atoms with van der Waals surface area (Å²) in [6.07, 6.45) is 0. The van der Waals surface area contributed by atoms with Gasteiger partial charge >= 0.3 is 0 Å². The van der Waals surface area contributed by atoms with Gasteiger partial charge in [-0.25, -0.2) is 9.37 Å². The number of nitrogens with one attached hydrogen (secondary N) is 1. The van der Waals surface area contributed by atoms with Crippen molar-refractivity contribution in [2.75, 3.05) is 18.2 Å². The number of amides is 1. The van der Waals surface area contributed by atoms with Crippen LogP contribution in [0.1, 0.15) is 0 Å². The van der Waals surface area contributed by atoms with E-state index in [9.17, 15) is 14.0 Å². The third-order valence-electron chi connectivity index (χ3n) is 4.56. The lowest BCUT2D eigenvalue weighted by Gasteiger charge is -2.14. The summed E-state index contributed by atoms with van der Waals surface area (Å²) >= 11 is 1.10. The van der Waals surface area contributed by atoms with Gasteiger partial charge in [0.25, 0.3) is 5.56 Å². The van der Waals surface area contributed by atoms with Gasteiger partial charge in [-0.2, -0.15) is 0 Å². The number of ether oxygens (including phenoxy) is 1. The molecule has 0 radical (unpaired) electrons. The second-order valence-electron chi connectivity index (χ2n) is 6.57. The van der Waals surface area contributed by atoms with Gasteiger partial charge in [0.2, 0.25) is 5.91 Å². The summed E-state index contributed by atoms with van der Waals surface area (Å²) in [5.41, 5.74) is 0.996. The largest absolute Gasteiger partial charge is 0.497 e. The maximum Gasteiger partial charge on any atom is 0.266 e. The van der Waals surface area contributed by atoms with Crippen LogP contribution in [0.25, 0.3) is 16.6 Å². The molecule has 0 unspecified atom stereocenters. The fraction of sp³-hybridized carbons (Fsp3) is 0.0870. The molecule has 0 saturated heterocycles. The van der Waals surface area contributed by atoms with Crippen molar-refractivity contribution in [1.29, 1.82) is 0 Å². The standard InChI is InChI=1S/C23H18FN3O3S/c1-30-16-12-10-15(11-13-16)27-22(29)17-6-2-4-8-19(17)26-23(27)31-14-21(28)25-20-9-5-3-7-18(20)24/h2-13H,14H2,1H3,(H,25,28). The first kappa shape index (κ1) is 20.6. The summed E-state index contributed by atoms with van der Waals surface area (Å²) in [4.78, 5) is 30.2. The fourth-order valence-corrected chi connectivity index (χ4v) is 3.86. The van der Waals surface area contributed by atoms with Crippen molar-refractivity contribution in [2.45, 2.75) is 5.16 Å². The minimum atomic E-state index is -0.514. The van der Waals surface area contributed by atoms with E-state index in [1.165, 1.54) is 16.7 Å². The van der Waals surface area contributed by atoms with E-state index in [-0.39, 0.29) is 17.0 Å². The molecule has 1 heterocycles. The molecular formula is C23H18FN3O3S. The van der Waals surface area contributed by atoms with Gasteiger partial charge in [0.1, 0.15) is 11.6 Å². The van der Waals surface area contributed by atoms with E-state index in [1.54, 1.807) is 67.8 Å². The van der Waals surface area contributed by atoms with Crippen LogP contribution in [-0.4, -0.2) is 28.3 Å². The molecule has 31 heavy (non-hydrogen) atoms. The van der Waals surface area contributed by atoms with Crippen molar-refractivity contribution in [1.82, 2.24) is 9.55 Å². The fourth-order valence-electron chi connectivity index (χ4n) is 3.05. The van der Waals surface area contributed by atoms with Crippen LogP contribution in [0.2, 0.25) is 0 Å². The summed E-state index contributed by atoms with van der Waals surface area (Å²) in [6, 6.07) is 20.0. The SMILES string of the molecule is COc1ccc(-n2c(SCC(=O)Nc3ccccc3F)nc3ccccc3c2=O)cc1. The highest BCUT2D eigenvalue weighted by Crippen LogP contribution is 2.23. The molecule has 0 aliphatic rings. The Labute approximate surface area is 181 Å². The third kappa shape index (κ3) is 4.44. The predicted molar refractivity (Wildman–Crippen MR) is 120 cm³/mol. The first-order valence-corrected chi connectivity index (χ1v) is 10.4. The van der Waals surface area contributed by atoms with Crippen LogP contribution < -0.4 is 15.6 Å². The molecule has 0 bridgehead atoms. The number of rotatable bonds is 6. The summed E-state index contributed by atoms with van der Waals surface area (Å²) in [6.45, 7) is 0. The van der Waals surface area contributed by atoms with Crippen molar-refractivity contribution < 1.29 is 13.9 Å². The molecule has 0 aliphatic heterocycles. The lowest BCUT2D eigenvalue weighted by atomic mass is 10.2. The first-order chi connectivity index (χ1) is 15.1. The van der Waals surface area contributed by atoms with Gasteiger partial charge in [0.15, 0.2) is 5.16 Å². The molecule has 0 spiro atoms. The summed E-state index contributed by atoms with van der Waals surface area (Å²) < 4.78 is 20.4. The Bertz CT molecular complexity index is 1310. The second kappa shape index (κ2) is 9.01. The lowest BCUT2D eigenvalue weighted by Crippen LogP contribution is -2.23. The third-order valence-corrected chi connectivity index (χ3v) is 5.49. The van der Waals surface area contributed by atoms with Gasteiger partial charge in [-0.05, 0) is 48.5 Å². The number of nitrogens with zero attached hydrogens (tertiary/aromatic N) is 2. The van der Waals surface area contributed by atoms with Crippen LogP contribution in [0.15, 0.2) is 82.7 Å². The normalized spacial score (nSPS) is 10.8. The number of aromatic nitrogens is 2. The Hall–Kier alpha value is -3.65. The highest BCUT2D eigenvalue weighted by Gasteiger charge is 2.15. The van der Waals surface area contributed by atoms with Crippen molar-refractivity contribution >= 4 is 34.3 Å². The van der Waals surface area contributed by atoms with Gasteiger partial charge in [-0.15, -0.1) is 0 Å². The van der Waals surface area contributed by atoms with Crippen LogP contribution in [0, 0.1) is 5.82 Å². The number of hydrogen-bond acceptors (Lipinski definition) is 5. The Balaban J connectivity index is 1.68. The number of para-hydroxylation sites is 2. The van der Waals surface area contributed by atoms with Crippen LogP contribution in [0.3, 0.4) is 0 Å². The van der Waals surface area contributed by atoms with Crippen LogP contribution >= 0.6 is 11.8 Å². The molecule has 0 atom stereocenters. The lowest BCUT2D eigenvalue weighted by molar-refractivity contribution is -0.113. The minimum Gasteiger partial charge on any atom is -0.497 e. The molecule has 0 aliphatic carbocycles. The van der Waals surface area contributed by atoms with E-state index in [4.69, 9.17) is 4.74 Å². The molecule has 0 saturated carbocycles. The number of methoxy groups -OCH3 is 1. The van der Waals surface area contributed by atoms with E-state index in [0.717, 1.165) is 11.8 Å². The summed E-state index contributed by atoms with van der Waals surface area (Å²) in [7, 11) is 1.56. The molecule has 4 rings (SSSR count). The molecule has 0 fully saturated rings. The van der Waals surface area contributed by atoms with Gasteiger partial charge < -0.3 is 10.1 Å². The van der Waals surface area contributed by atoms with E-state index in [0.29, 0.717) is 27.5 Å². The van der Waals surface area contributed by atoms with Crippen molar-refractivity contribution in [3.8, 4) is 11.4 Å². The number of hydrogen-bond donors (Lipinski definition) is 1. The van der Waals surface area contributed by atoms with Gasteiger partial charge in [0.05, 0.1) is 35.1 Å². The zero-order chi connectivity index (χ0) is 21.8. The Morgan fingerprint density at radius 2 is 1.77 bits per heavy atom. The Morgan fingerprint density at radius 1 is 1.06 bits per heavy atom. The van der Waals surface area contributed by atoms with Crippen LogP contribution in [0.4, 0.5) is 10.1 Å². The summed E-state index contributed by atoms with van der Waals surface area (Å²) in [5.74, 6) is -0.308. The molecule has 8 heteroatoms. The van der Waals surface area contributed by atoms with E-state index in [2.05, 4.69) is 10.3 Å². The average Bonchev–Trinajstić information content (AvgIpc) is 2.79. The molecule has 1 aromatic heterocycles. The molecule has 4 aromatic rings. The molecule has 6 nitrogen and oxygen atoms in total. The number of anilines is 1. The topological polar surface area (TPSA) is 73.2 Å². The monoisotopic (exact) mass is 435 g/mol. The molecule has 1 N–H and O–H groups in total. The van der Waals surface area contributed by atoms with Gasteiger partial charge in [-0.3, -0.25) is 14.2 Å². The van der Waals surface area contributed by atoms with E-state index in [1.807, 2.05) is 0 Å². The summed E-state index contributed by atoms with van der Waals surface area (Å²) in [5, 5.41) is 3.37.